The molecule has 1 saturated carbocycles. The van der Waals surface area contributed by atoms with Crippen molar-refractivity contribution in [3.63, 3.8) is 0 Å². The number of rotatable bonds is 5. The van der Waals surface area contributed by atoms with E-state index >= 15 is 0 Å². The second-order valence-corrected chi connectivity index (χ2v) is 4.86. The Balaban J connectivity index is 2.01. The van der Waals surface area contributed by atoms with Gasteiger partial charge in [0.2, 0.25) is 0 Å². The monoisotopic (exact) mass is 239 g/mol. The second-order valence-electron chi connectivity index (χ2n) is 4.86. The molecule has 94 valence electrons. The van der Waals surface area contributed by atoms with E-state index in [0.717, 1.165) is 18.4 Å². The summed E-state index contributed by atoms with van der Waals surface area (Å²) in [5, 5.41) is 9.32. The number of aliphatic hydroxyl groups is 1. The fourth-order valence-electron chi connectivity index (χ4n) is 1.94. The Labute approximate surface area is 100 Å². The van der Waals surface area contributed by atoms with Crippen LogP contribution < -0.4 is 10.5 Å². The molecule has 0 radical (unpaired) electrons. The van der Waals surface area contributed by atoms with Gasteiger partial charge in [0.05, 0.1) is 12.1 Å². The standard InChI is InChI=1S/C13H18FNO2/c1-9-6-11(14)4-5-12(9)17-8-13(15,7-16)10-2-3-10/h4-6,10,16H,2-3,7-8,15H2,1H3. The van der Waals surface area contributed by atoms with Crippen molar-refractivity contribution in [2.75, 3.05) is 13.2 Å². The van der Waals surface area contributed by atoms with Crippen molar-refractivity contribution in [1.29, 1.82) is 0 Å². The molecule has 1 atom stereocenters. The van der Waals surface area contributed by atoms with E-state index in [1.54, 1.807) is 13.0 Å². The van der Waals surface area contributed by atoms with Crippen LogP contribution in [0.15, 0.2) is 18.2 Å². The summed E-state index contributed by atoms with van der Waals surface area (Å²) in [6.07, 6.45) is 2.09. The van der Waals surface area contributed by atoms with E-state index in [1.165, 1.54) is 12.1 Å². The first-order valence-corrected chi connectivity index (χ1v) is 5.84. The largest absolute Gasteiger partial charge is 0.491 e. The van der Waals surface area contributed by atoms with E-state index in [1.807, 2.05) is 0 Å². The number of aliphatic hydroxyl groups excluding tert-OH is 1. The van der Waals surface area contributed by atoms with Gasteiger partial charge in [-0.25, -0.2) is 4.39 Å². The first-order chi connectivity index (χ1) is 8.05. The topological polar surface area (TPSA) is 55.5 Å². The first-order valence-electron chi connectivity index (χ1n) is 5.84. The van der Waals surface area contributed by atoms with Crippen LogP contribution in [-0.2, 0) is 0 Å². The van der Waals surface area contributed by atoms with Gasteiger partial charge >= 0.3 is 0 Å². The molecule has 1 fully saturated rings. The summed E-state index contributed by atoms with van der Waals surface area (Å²) in [7, 11) is 0. The average molecular weight is 239 g/mol. The molecule has 1 unspecified atom stereocenters. The third-order valence-corrected chi connectivity index (χ3v) is 3.32. The Morgan fingerprint density at radius 1 is 1.53 bits per heavy atom. The van der Waals surface area contributed by atoms with Gasteiger partial charge in [-0.15, -0.1) is 0 Å². The van der Waals surface area contributed by atoms with Crippen LogP contribution in [0.2, 0.25) is 0 Å². The first kappa shape index (κ1) is 12.3. The van der Waals surface area contributed by atoms with Crippen LogP contribution in [0.25, 0.3) is 0 Å². The molecular formula is C13H18FNO2. The summed E-state index contributed by atoms with van der Waals surface area (Å²) < 4.78 is 18.5. The maximum atomic E-state index is 12.9. The number of nitrogens with two attached hydrogens (primary N) is 1. The highest BCUT2D eigenvalue weighted by molar-refractivity contribution is 5.32. The molecule has 2 rings (SSSR count). The molecule has 0 heterocycles. The fraction of sp³-hybridized carbons (Fsp3) is 0.538. The Bertz CT molecular complexity index is 406. The molecule has 3 N–H and O–H groups in total. The summed E-state index contributed by atoms with van der Waals surface area (Å²) in [5.41, 5.74) is 6.15. The maximum absolute atomic E-state index is 12.9. The van der Waals surface area contributed by atoms with Gasteiger partial charge < -0.3 is 15.6 Å². The third-order valence-electron chi connectivity index (χ3n) is 3.32. The Kier molecular flexibility index (Phi) is 3.35. The molecule has 1 aliphatic rings. The quantitative estimate of drug-likeness (QED) is 0.820. The minimum atomic E-state index is -0.666. The number of aryl methyl sites for hydroxylation is 1. The average Bonchev–Trinajstić information content (AvgIpc) is 3.11. The minimum Gasteiger partial charge on any atom is -0.491 e. The van der Waals surface area contributed by atoms with Gasteiger partial charge in [-0.3, -0.25) is 0 Å². The molecule has 1 aromatic rings. The number of hydrogen-bond acceptors (Lipinski definition) is 3. The van der Waals surface area contributed by atoms with Gasteiger partial charge in [-0.1, -0.05) is 0 Å². The highest BCUT2D eigenvalue weighted by Crippen LogP contribution is 2.38. The van der Waals surface area contributed by atoms with Crippen molar-refractivity contribution in [3.05, 3.63) is 29.6 Å². The van der Waals surface area contributed by atoms with Crippen molar-refractivity contribution >= 4 is 0 Å². The van der Waals surface area contributed by atoms with Gasteiger partial charge in [0.15, 0.2) is 0 Å². The zero-order valence-electron chi connectivity index (χ0n) is 9.95. The molecule has 0 spiro atoms. The Hall–Kier alpha value is -1.13. The SMILES string of the molecule is Cc1cc(F)ccc1OCC(N)(CO)C1CC1. The molecule has 3 nitrogen and oxygen atoms in total. The van der Waals surface area contributed by atoms with Gasteiger partial charge in [0.1, 0.15) is 18.2 Å². The lowest BCUT2D eigenvalue weighted by Crippen LogP contribution is -2.51. The van der Waals surface area contributed by atoms with Crippen molar-refractivity contribution in [2.24, 2.45) is 11.7 Å². The zero-order chi connectivity index (χ0) is 12.5. The third kappa shape index (κ3) is 2.76. The minimum absolute atomic E-state index is 0.0854. The molecule has 4 heteroatoms. The number of hydrogen-bond donors (Lipinski definition) is 2. The smallest absolute Gasteiger partial charge is 0.123 e. The van der Waals surface area contributed by atoms with E-state index in [-0.39, 0.29) is 19.0 Å². The lowest BCUT2D eigenvalue weighted by molar-refractivity contribution is 0.116. The van der Waals surface area contributed by atoms with Crippen LogP contribution in [0, 0.1) is 18.7 Å². The van der Waals surface area contributed by atoms with Crippen LogP contribution >= 0.6 is 0 Å². The highest BCUT2D eigenvalue weighted by atomic mass is 19.1. The van der Waals surface area contributed by atoms with E-state index < -0.39 is 5.54 Å². The van der Waals surface area contributed by atoms with E-state index in [9.17, 15) is 9.50 Å². The summed E-state index contributed by atoms with van der Waals surface area (Å²) in [4.78, 5) is 0. The van der Waals surface area contributed by atoms with Crippen LogP contribution in [0.4, 0.5) is 4.39 Å². The van der Waals surface area contributed by atoms with Crippen molar-refractivity contribution in [3.8, 4) is 5.75 Å². The lowest BCUT2D eigenvalue weighted by atomic mass is 9.97. The normalized spacial score (nSPS) is 18.8. The summed E-state index contributed by atoms with van der Waals surface area (Å²) in [5.74, 6) is 0.682. The van der Waals surface area contributed by atoms with Crippen molar-refractivity contribution in [1.82, 2.24) is 0 Å². The van der Waals surface area contributed by atoms with Crippen LogP contribution in [0.3, 0.4) is 0 Å². The number of benzene rings is 1. The summed E-state index contributed by atoms with van der Waals surface area (Å²) in [6.45, 7) is 1.96. The van der Waals surface area contributed by atoms with Gasteiger partial charge in [0.25, 0.3) is 0 Å². The maximum Gasteiger partial charge on any atom is 0.123 e. The van der Waals surface area contributed by atoms with E-state index in [2.05, 4.69) is 0 Å². The van der Waals surface area contributed by atoms with Crippen LogP contribution in [0.1, 0.15) is 18.4 Å². The molecule has 1 aliphatic carbocycles. The second kappa shape index (κ2) is 4.63. The zero-order valence-corrected chi connectivity index (χ0v) is 9.95. The predicted molar refractivity (Wildman–Crippen MR) is 63.4 cm³/mol. The Morgan fingerprint density at radius 3 is 2.76 bits per heavy atom. The van der Waals surface area contributed by atoms with Crippen LogP contribution in [-0.4, -0.2) is 23.9 Å². The van der Waals surface area contributed by atoms with Crippen molar-refractivity contribution in [2.45, 2.75) is 25.3 Å². The highest BCUT2D eigenvalue weighted by Gasteiger charge is 2.42. The lowest BCUT2D eigenvalue weighted by Gasteiger charge is -2.27. The molecule has 0 amide bonds. The van der Waals surface area contributed by atoms with E-state index in [4.69, 9.17) is 10.5 Å². The van der Waals surface area contributed by atoms with Crippen LogP contribution in [0.5, 0.6) is 5.75 Å². The molecule has 17 heavy (non-hydrogen) atoms. The molecule has 0 aromatic heterocycles. The van der Waals surface area contributed by atoms with Gasteiger partial charge in [0, 0.05) is 0 Å². The van der Waals surface area contributed by atoms with Gasteiger partial charge in [-0.05, 0) is 49.4 Å². The molecule has 0 bridgehead atoms. The fourth-order valence-corrected chi connectivity index (χ4v) is 1.94. The van der Waals surface area contributed by atoms with Crippen molar-refractivity contribution < 1.29 is 14.2 Å². The summed E-state index contributed by atoms with van der Waals surface area (Å²) >= 11 is 0. The number of halogens is 1. The summed E-state index contributed by atoms with van der Waals surface area (Å²) in [6, 6.07) is 4.37. The predicted octanol–water partition coefficient (Wildman–Crippen LogP) is 1.61. The molecule has 0 aliphatic heterocycles. The molecule has 0 saturated heterocycles. The molecular weight excluding hydrogens is 221 g/mol. The molecule has 1 aromatic carbocycles. The Morgan fingerprint density at radius 2 is 2.24 bits per heavy atom. The van der Waals surface area contributed by atoms with E-state index in [0.29, 0.717) is 11.7 Å². The van der Waals surface area contributed by atoms with Gasteiger partial charge in [-0.2, -0.15) is 0 Å². The number of ether oxygens (including phenoxy) is 1.